The summed E-state index contributed by atoms with van der Waals surface area (Å²) >= 11 is 0. The summed E-state index contributed by atoms with van der Waals surface area (Å²) in [7, 11) is -3.16. The van der Waals surface area contributed by atoms with Crippen LogP contribution in [0.2, 0.25) is 0 Å². The van der Waals surface area contributed by atoms with Gasteiger partial charge in [0.15, 0.2) is 9.84 Å². The Morgan fingerprint density at radius 3 is 2.59 bits per heavy atom. The summed E-state index contributed by atoms with van der Waals surface area (Å²) in [5.41, 5.74) is 4.82. The van der Waals surface area contributed by atoms with Gasteiger partial charge in [-0.25, -0.2) is 8.42 Å². The number of rotatable bonds is 5. The van der Waals surface area contributed by atoms with Crippen LogP contribution in [-0.4, -0.2) is 46.1 Å². The van der Waals surface area contributed by atoms with Crippen LogP contribution in [0.15, 0.2) is 52.4 Å². The summed E-state index contributed by atoms with van der Waals surface area (Å²) in [6.45, 7) is 6.93. The van der Waals surface area contributed by atoms with Crippen molar-refractivity contribution >= 4 is 21.2 Å². The molecule has 1 fully saturated rings. The molecule has 0 aliphatic carbocycles. The minimum Gasteiger partial charge on any atom is -0.489 e. The van der Waals surface area contributed by atoms with Gasteiger partial charge in [-0.3, -0.25) is 4.99 Å². The maximum atomic E-state index is 11.6. The smallest absolute Gasteiger partial charge is 0.175 e. The van der Waals surface area contributed by atoms with E-state index >= 15 is 0 Å². The van der Waals surface area contributed by atoms with Gasteiger partial charge in [-0.15, -0.1) is 0 Å². The first kappa shape index (κ1) is 20.0. The van der Waals surface area contributed by atoms with Crippen molar-refractivity contribution in [3.63, 3.8) is 0 Å². The lowest BCUT2D eigenvalue weighted by Gasteiger charge is -2.22. The quantitative estimate of drug-likeness (QED) is 0.750. The summed E-state index contributed by atoms with van der Waals surface area (Å²) < 4.78 is 29.6. The molecule has 2 heterocycles. The standard InChI is InChI=1S/C23H28N2O3S/c1-16(2)23-22-9-6-19(14-17(22)10-12-24-23)28-20-11-13-25(15-20)18-4-7-21(8-5-18)29(3,26)27/h4-9,14,16,20H,10-13,15H2,1-3H3/t20-/m0/s1. The van der Waals surface area contributed by atoms with E-state index in [2.05, 4.69) is 36.9 Å². The van der Waals surface area contributed by atoms with E-state index in [0.717, 1.165) is 43.9 Å². The van der Waals surface area contributed by atoms with Crippen LogP contribution in [0.5, 0.6) is 5.75 Å². The van der Waals surface area contributed by atoms with Gasteiger partial charge < -0.3 is 9.64 Å². The third kappa shape index (κ3) is 4.32. The van der Waals surface area contributed by atoms with E-state index in [1.165, 1.54) is 23.1 Å². The van der Waals surface area contributed by atoms with Crippen molar-refractivity contribution in [1.29, 1.82) is 0 Å². The molecule has 0 amide bonds. The van der Waals surface area contributed by atoms with Crippen LogP contribution in [0.1, 0.15) is 31.4 Å². The molecule has 154 valence electrons. The average molecular weight is 413 g/mol. The summed E-state index contributed by atoms with van der Waals surface area (Å²) in [6, 6.07) is 13.5. The average Bonchev–Trinajstić information content (AvgIpc) is 3.15. The summed E-state index contributed by atoms with van der Waals surface area (Å²) in [6.07, 6.45) is 3.27. The second-order valence-corrected chi connectivity index (χ2v) is 10.2. The second kappa shape index (κ2) is 7.82. The molecule has 2 aromatic rings. The Bertz CT molecular complexity index is 1030. The molecule has 1 atom stereocenters. The van der Waals surface area contributed by atoms with Crippen molar-refractivity contribution in [2.24, 2.45) is 10.9 Å². The first-order valence-corrected chi connectivity index (χ1v) is 12.1. The molecule has 4 rings (SSSR count). The Morgan fingerprint density at radius 2 is 1.90 bits per heavy atom. The van der Waals surface area contributed by atoms with Gasteiger partial charge >= 0.3 is 0 Å². The second-order valence-electron chi connectivity index (χ2n) is 8.23. The van der Waals surface area contributed by atoms with Gasteiger partial charge in [-0.1, -0.05) is 13.8 Å². The topological polar surface area (TPSA) is 59.0 Å². The molecule has 5 nitrogen and oxygen atoms in total. The summed E-state index contributed by atoms with van der Waals surface area (Å²) in [5, 5.41) is 0. The molecule has 0 N–H and O–H groups in total. The predicted molar refractivity (Wildman–Crippen MR) is 117 cm³/mol. The van der Waals surface area contributed by atoms with E-state index in [0.29, 0.717) is 10.8 Å². The fraction of sp³-hybridized carbons (Fsp3) is 0.435. The maximum Gasteiger partial charge on any atom is 0.175 e. The van der Waals surface area contributed by atoms with Crippen molar-refractivity contribution in [3.8, 4) is 5.75 Å². The summed E-state index contributed by atoms with van der Waals surface area (Å²) in [5.74, 6) is 1.35. The zero-order valence-electron chi connectivity index (χ0n) is 17.3. The minimum atomic E-state index is -3.16. The zero-order valence-corrected chi connectivity index (χ0v) is 18.1. The van der Waals surface area contributed by atoms with Crippen molar-refractivity contribution in [3.05, 3.63) is 53.6 Å². The molecular weight excluding hydrogens is 384 g/mol. The zero-order chi connectivity index (χ0) is 20.6. The Morgan fingerprint density at radius 1 is 1.14 bits per heavy atom. The number of hydrogen-bond donors (Lipinski definition) is 0. The minimum absolute atomic E-state index is 0.129. The number of nitrogens with zero attached hydrogens (tertiary/aromatic N) is 2. The maximum absolute atomic E-state index is 11.6. The Kier molecular flexibility index (Phi) is 5.38. The summed E-state index contributed by atoms with van der Waals surface area (Å²) in [4.78, 5) is 7.30. The van der Waals surface area contributed by atoms with Crippen LogP contribution < -0.4 is 9.64 Å². The fourth-order valence-electron chi connectivity index (χ4n) is 4.13. The van der Waals surface area contributed by atoms with Crippen LogP contribution in [0.4, 0.5) is 5.69 Å². The molecule has 0 unspecified atom stereocenters. The highest BCUT2D eigenvalue weighted by Gasteiger charge is 2.25. The number of sulfone groups is 1. The van der Waals surface area contributed by atoms with E-state index in [-0.39, 0.29) is 6.10 Å². The third-order valence-electron chi connectivity index (χ3n) is 5.64. The van der Waals surface area contributed by atoms with Gasteiger partial charge in [0.1, 0.15) is 11.9 Å². The van der Waals surface area contributed by atoms with E-state index in [1.807, 2.05) is 12.1 Å². The molecule has 1 saturated heterocycles. The van der Waals surface area contributed by atoms with Crippen LogP contribution in [0.3, 0.4) is 0 Å². The van der Waals surface area contributed by atoms with E-state index in [9.17, 15) is 8.42 Å². The lowest BCUT2D eigenvalue weighted by molar-refractivity contribution is 0.225. The first-order valence-electron chi connectivity index (χ1n) is 10.2. The van der Waals surface area contributed by atoms with Crippen LogP contribution in [0, 0.1) is 5.92 Å². The van der Waals surface area contributed by atoms with E-state index in [4.69, 9.17) is 9.73 Å². The molecule has 0 saturated carbocycles. The number of hydrogen-bond acceptors (Lipinski definition) is 5. The molecule has 29 heavy (non-hydrogen) atoms. The molecule has 0 spiro atoms. The van der Waals surface area contributed by atoms with Gasteiger partial charge in [0.25, 0.3) is 0 Å². The highest BCUT2D eigenvalue weighted by Crippen LogP contribution is 2.28. The van der Waals surface area contributed by atoms with Crippen LogP contribution >= 0.6 is 0 Å². The Balaban J connectivity index is 1.42. The van der Waals surface area contributed by atoms with Crippen molar-refractivity contribution in [1.82, 2.24) is 0 Å². The molecular formula is C23H28N2O3S. The highest BCUT2D eigenvalue weighted by molar-refractivity contribution is 7.90. The number of anilines is 1. The van der Waals surface area contributed by atoms with Crippen LogP contribution in [0.25, 0.3) is 0 Å². The SMILES string of the molecule is CC(C)C1=NCCc2cc(O[C@H]3CCN(c4ccc(S(C)(=O)=O)cc4)C3)ccc21. The largest absolute Gasteiger partial charge is 0.489 e. The number of fused-ring (bicyclic) bond motifs is 1. The molecule has 2 aliphatic heterocycles. The molecule has 0 radical (unpaired) electrons. The lowest BCUT2D eigenvalue weighted by Crippen LogP contribution is -2.24. The predicted octanol–water partition coefficient (Wildman–Crippen LogP) is 3.75. The van der Waals surface area contributed by atoms with Gasteiger partial charge in [-0.2, -0.15) is 0 Å². The van der Waals surface area contributed by atoms with Crippen LogP contribution in [-0.2, 0) is 16.3 Å². The molecule has 0 aromatic heterocycles. The third-order valence-corrected chi connectivity index (χ3v) is 6.77. The first-order chi connectivity index (χ1) is 13.8. The number of aliphatic imine (C=N–C) groups is 1. The molecule has 6 heteroatoms. The number of benzene rings is 2. The Labute approximate surface area is 173 Å². The van der Waals surface area contributed by atoms with Gasteiger partial charge in [0.2, 0.25) is 0 Å². The van der Waals surface area contributed by atoms with Crippen molar-refractivity contribution in [2.45, 2.75) is 37.7 Å². The fourth-order valence-corrected chi connectivity index (χ4v) is 4.76. The van der Waals surface area contributed by atoms with Gasteiger partial charge in [-0.05, 0) is 65.9 Å². The molecule has 2 aliphatic rings. The van der Waals surface area contributed by atoms with E-state index < -0.39 is 9.84 Å². The van der Waals surface area contributed by atoms with Crippen molar-refractivity contribution < 1.29 is 13.2 Å². The Hall–Kier alpha value is -2.34. The normalized spacial score (nSPS) is 19.2. The van der Waals surface area contributed by atoms with Crippen molar-refractivity contribution in [2.75, 3.05) is 30.8 Å². The number of ether oxygens (including phenoxy) is 1. The molecule has 2 aromatic carbocycles. The van der Waals surface area contributed by atoms with Gasteiger partial charge in [0, 0.05) is 37.2 Å². The molecule has 0 bridgehead atoms. The highest BCUT2D eigenvalue weighted by atomic mass is 32.2. The monoisotopic (exact) mass is 412 g/mol. The van der Waals surface area contributed by atoms with Gasteiger partial charge in [0.05, 0.1) is 11.4 Å². The lowest BCUT2D eigenvalue weighted by atomic mass is 9.91. The van der Waals surface area contributed by atoms with E-state index in [1.54, 1.807) is 12.1 Å².